The number of aromatic nitrogens is 1. The van der Waals surface area contributed by atoms with Crippen LogP contribution >= 0.6 is 22.7 Å². The summed E-state index contributed by atoms with van der Waals surface area (Å²) in [6, 6.07) is 0.895. The second kappa shape index (κ2) is 5.61. The highest BCUT2D eigenvalue weighted by molar-refractivity contribution is 7.29. The molecule has 0 aliphatic carbocycles. The van der Waals surface area contributed by atoms with E-state index in [1.54, 1.807) is 17.4 Å². The summed E-state index contributed by atoms with van der Waals surface area (Å²) in [7, 11) is 0. The maximum Gasteiger partial charge on any atom is 0.325 e. The lowest BCUT2D eigenvalue weighted by Gasteiger charge is -2.11. The van der Waals surface area contributed by atoms with Gasteiger partial charge in [-0.25, -0.2) is 4.98 Å². The van der Waals surface area contributed by atoms with Crippen molar-refractivity contribution in [1.82, 2.24) is 10.3 Å². The number of carbonyl (C=O) groups excluding carboxylic acids is 1. The molecule has 1 aliphatic heterocycles. The largest absolute Gasteiger partial charge is 0.480 e. The molecular formula is C13H15N3O3S2. The third-order valence-corrected chi connectivity index (χ3v) is 5.62. The molecule has 0 radical (unpaired) electrons. The third-order valence-electron chi connectivity index (χ3n) is 3.40. The summed E-state index contributed by atoms with van der Waals surface area (Å²) in [6.07, 6.45) is 2.40. The van der Waals surface area contributed by atoms with Gasteiger partial charge in [-0.15, -0.1) is 11.3 Å². The number of amides is 1. The molecule has 8 heteroatoms. The Morgan fingerprint density at radius 1 is 1.38 bits per heavy atom. The predicted molar refractivity (Wildman–Crippen MR) is 83.5 cm³/mol. The number of thiophene rings is 1. The molecule has 3 heterocycles. The molecule has 6 nitrogen and oxygen atoms in total. The summed E-state index contributed by atoms with van der Waals surface area (Å²) in [5.74, 6) is -1.40. The number of carbonyl (C=O) groups is 2. The molecule has 112 valence electrons. The lowest BCUT2D eigenvalue weighted by atomic mass is 10.3. The molecule has 2 aromatic rings. The Bertz CT molecular complexity index is 656. The van der Waals surface area contributed by atoms with Crippen LogP contribution in [0.2, 0.25) is 0 Å². The van der Waals surface area contributed by atoms with Crippen LogP contribution in [-0.4, -0.2) is 41.1 Å². The van der Waals surface area contributed by atoms with E-state index in [2.05, 4.69) is 15.2 Å². The summed E-state index contributed by atoms with van der Waals surface area (Å²) in [6.45, 7) is 3.54. The number of anilines is 1. The van der Waals surface area contributed by atoms with Crippen molar-refractivity contribution in [2.24, 2.45) is 0 Å². The first kappa shape index (κ1) is 14.3. The highest BCUT2D eigenvalue weighted by atomic mass is 32.1. The third kappa shape index (κ3) is 2.86. The molecule has 1 saturated heterocycles. The summed E-state index contributed by atoms with van der Waals surface area (Å²) in [4.78, 5) is 30.9. The Kier molecular flexibility index (Phi) is 3.81. The maximum atomic E-state index is 12.0. The van der Waals surface area contributed by atoms with Gasteiger partial charge in [-0.1, -0.05) is 11.3 Å². The molecule has 21 heavy (non-hydrogen) atoms. The van der Waals surface area contributed by atoms with Crippen molar-refractivity contribution in [3.8, 4) is 0 Å². The molecular weight excluding hydrogens is 310 g/mol. The van der Waals surface area contributed by atoms with E-state index in [1.165, 1.54) is 31.1 Å². The molecule has 0 saturated carbocycles. The molecule has 2 aromatic heterocycles. The summed E-state index contributed by atoms with van der Waals surface area (Å²) >= 11 is 2.89. The van der Waals surface area contributed by atoms with Gasteiger partial charge in [0.25, 0.3) is 5.91 Å². The van der Waals surface area contributed by atoms with E-state index in [0.717, 1.165) is 27.8 Å². The summed E-state index contributed by atoms with van der Waals surface area (Å²) in [5, 5.41) is 12.3. The fourth-order valence-electron chi connectivity index (χ4n) is 2.21. The minimum absolute atomic E-state index is 0.358. The molecule has 0 aromatic carbocycles. The summed E-state index contributed by atoms with van der Waals surface area (Å²) in [5.41, 5.74) is 0. The van der Waals surface area contributed by atoms with Crippen LogP contribution in [-0.2, 0) is 4.79 Å². The van der Waals surface area contributed by atoms with Crippen LogP contribution in [0.3, 0.4) is 0 Å². The molecule has 0 unspecified atom stereocenters. The van der Waals surface area contributed by atoms with Crippen LogP contribution in [0.4, 0.5) is 5.13 Å². The second-order valence-corrected chi connectivity index (χ2v) is 7.04. The van der Waals surface area contributed by atoms with E-state index in [-0.39, 0.29) is 5.91 Å². The van der Waals surface area contributed by atoms with Gasteiger partial charge < -0.3 is 15.3 Å². The smallest absolute Gasteiger partial charge is 0.325 e. The number of nitrogens with one attached hydrogen (secondary N) is 1. The van der Waals surface area contributed by atoms with Gasteiger partial charge in [0.1, 0.15) is 10.9 Å². The standard InChI is InChI=1S/C13H15N3O3S2/c1-7(12(18)19)14-10(17)8-6-9-11(20-8)15-13(21-9)16-4-2-3-5-16/h6-7H,2-5H2,1H3,(H,14,17)(H,18,19)/t7-/m1/s1. The predicted octanol–water partition coefficient (Wildman–Crippen LogP) is 2.16. The van der Waals surface area contributed by atoms with Crippen LogP contribution in [0.15, 0.2) is 6.07 Å². The molecule has 0 bridgehead atoms. The van der Waals surface area contributed by atoms with E-state index in [0.29, 0.717) is 4.88 Å². The summed E-state index contributed by atoms with van der Waals surface area (Å²) < 4.78 is 0.982. The monoisotopic (exact) mass is 325 g/mol. The van der Waals surface area contributed by atoms with Crippen molar-refractivity contribution < 1.29 is 14.7 Å². The molecule has 1 fully saturated rings. The van der Waals surface area contributed by atoms with Gasteiger partial charge in [0, 0.05) is 13.1 Å². The van der Waals surface area contributed by atoms with E-state index >= 15 is 0 Å². The Balaban J connectivity index is 1.77. The maximum absolute atomic E-state index is 12.0. The minimum atomic E-state index is -1.05. The highest BCUT2D eigenvalue weighted by Gasteiger charge is 2.21. The number of carboxylic acids is 1. The number of hydrogen-bond donors (Lipinski definition) is 2. The van der Waals surface area contributed by atoms with Crippen molar-refractivity contribution in [3.63, 3.8) is 0 Å². The average Bonchev–Trinajstić information content (AvgIpc) is 3.12. The molecule has 3 rings (SSSR count). The quantitative estimate of drug-likeness (QED) is 0.900. The van der Waals surface area contributed by atoms with E-state index in [4.69, 9.17) is 5.11 Å². The van der Waals surface area contributed by atoms with Crippen LogP contribution in [0.25, 0.3) is 9.53 Å². The number of aliphatic carboxylic acids is 1. The number of nitrogens with zero attached hydrogens (tertiary/aromatic N) is 2. The first-order chi connectivity index (χ1) is 10.0. The molecule has 2 N–H and O–H groups in total. The van der Waals surface area contributed by atoms with Gasteiger partial charge in [0.15, 0.2) is 5.13 Å². The normalized spacial score (nSPS) is 16.3. The Hall–Kier alpha value is -1.67. The highest BCUT2D eigenvalue weighted by Crippen LogP contribution is 2.35. The Labute approximate surface area is 129 Å². The fourth-order valence-corrected chi connectivity index (χ4v) is 4.37. The zero-order chi connectivity index (χ0) is 15.0. The number of carboxylic acid groups (broad SMARTS) is 1. The Morgan fingerprint density at radius 2 is 2.10 bits per heavy atom. The first-order valence-electron chi connectivity index (χ1n) is 6.73. The lowest BCUT2D eigenvalue weighted by Crippen LogP contribution is -2.37. The van der Waals surface area contributed by atoms with Crippen molar-refractivity contribution in [3.05, 3.63) is 10.9 Å². The van der Waals surface area contributed by atoms with Gasteiger partial charge in [-0.3, -0.25) is 9.59 Å². The number of thiazole rings is 1. The van der Waals surface area contributed by atoms with Crippen LogP contribution in [0.1, 0.15) is 29.4 Å². The van der Waals surface area contributed by atoms with Crippen molar-refractivity contribution in [2.75, 3.05) is 18.0 Å². The van der Waals surface area contributed by atoms with Gasteiger partial charge in [-0.05, 0) is 25.8 Å². The van der Waals surface area contributed by atoms with E-state index < -0.39 is 12.0 Å². The number of rotatable bonds is 4. The van der Waals surface area contributed by atoms with E-state index in [1.807, 2.05) is 0 Å². The fraction of sp³-hybridized carbons (Fsp3) is 0.462. The Morgan fingerprint density at radius 3 is 2.71 bits per heavy atom. The van der Waals surface area contributed by atoms with Gasteiger partial charge in [0.05, 0.1) is 9.58 Å². The van der Waals surface area contributed by atoms with Gasteiger partial charge in [0.2, 0.25) is 0 Å². The van der Waals surface area contributed by atoms with Crippen LogP contribution in [0.5, 0.6) is 0 Å². The van der Waals surface area contributed by atoms with Gasteiger partial charge >= 0.3 is 5.97 Å². The molecule has 1 atom stereocenters. The van der Waals surface area contributed by atoms with E-state index in [9.17, 15) is 9.59 Å². The van der Waals surface area contributed by atoms with Gasteiger partial charge in [-0.2, -0.15) is 0 Å². The molecule has 1 amide bonds. The second-order valence-electron chi connectivity index (χ2n) is 5.00. The minimum Gasteiger partial charge on any atom is -0.480 e. The molecule has 0 spiro atoms. The van der Waals surface area contributed by atoms with Crippen molar-refractivity contribution >= 4 is 49.2 Å². The van der Waals surface area contributed by atoms with Crippen LogP contribution < -0.4 is 10.2 Å². The number of hydrogen-bond acceptors (Lipinski definition) is 6. The molecule has 1 aliphatic rings. The number of fused-ring (bicyclic) bond motifs is 1. The van der Waals surface area contributed by atoms with Crippen LogP contribution in [0, 0.1) is 0 Å². The SMILES string of the molecule is C[C@@H](NC(=O)c1cc2sc(N3CCCC3)nc2s1)C(=O)O. The van der Waals surface area contributed by atoms with Crippen molar-refractivity contribution in [1.29, 1.82) is 0 Å². The first-order valence-corrected chi connectivity index (χ1v) is 8.37. The topological polar surface area (TPSA) is 82.5 Å². The van der Waals surface area contributed by atoms with Crippen molar-refractivity contribution in [2.45, 2.75) is 25.8 Å². The lowest BCUT2D eigenvalue weighted by molar-refractivity contribution is -0.138. The average molecular weight is 325 g/mol. The zero-order valence-corrected chi connectivity index (χ0v) is 13.1. The zero-order valence-electron chi connectivity index (χ0n) is 11.5.